The van der Waals surface area contributed by atoms with Gasteiger partial charge in [-0.25, -0.2) is 4.98 Å². The number of H-pyrrole nitrogens is 1. The molecule has 15 heavy (non-hydrogen) atoms. The fraction of sp³-hybridized carbons (Fsp3) is 0.182. The molecule has 0 unspecified atom stereocenters. The molecule has 0 radical (unpaired) electrons. The Morgan fingerprint density at radius 1 is 1.13 bits per heavy atom. The second-order valence-electron chi connectivity index (χ2n) is 3.36. The maximum Gasteiger partial charge on any atom is 0.157 e. The molecule has 0 bridgehead atoms. The third-order valence-corrected chi connectivity index (χ3v) is 2.25. The van der Waals surface area contributed by atoms with Gasteiger partial charge in [0.2, 0.25) is 0 Å². The van der Waals surface area contributed by atoms with E-state index in [4.69, 9.17) is 5.11 Å². The van der Waals surface area contributed by atoms with Crippen LogP contribution in [-0.2, 0) is 12.8 Å². The number of aromatic nitrogens is 2. The Morgan fingerprint density at radius 3 is 2.67 bits per heavy atom. The number of rotatable bonds is 3. The average Bonchev–Trinajstić information content (AvgIpc) is 2.73. The molecule has 4 nitrogen and oxygen atoms in total. The van der Waals surface area contributed by atoms with Crippen LogP contribution in [0, 0.1) is 0 Å². The Labute approximate surface area is 87.2 Å². The number of nitrogens with zero attached hydrogens (tertiary/aromatic N) is 1. The first-order valence-corrected chi connectivity index (χ1v) is 4.75. The van der Waals surface area contributed by atoms with Crippen molar-refractivity contribution < 1.29 is 10.2 Å². The van der Waals surface area contributed by atoms with Gasteiger partial charge in [0.25, 0.3) is 0 Å². The molecule has 0 amide bonds. The Morgan fingerprint density at radius 2 is 2.00 bits per heavy atom. The monoisotopic (exact) mass is 204 g/mol. The number of hydrogen-bond donors (Lipinski definition) is 3. The van der Waals surface area contributed by atoms with Crippen LogP contribution in [0.25, 0.3) is 0 Å². The minimum Gasteiger partial charge on any atom is -0.504 e. The smallest absolute Gasteiger partial charge is 0.157 e. The van der Waals surface area contributed by atoms with Crippen LogP contribution in [0.1, 0.15) is 11.4 Å². The van der Waals surface area contributed by atoms with Gasteiger partial charge >= 0.3 is 0 Å². The molecule has 0 atom stereocenters. The van der Waals surface area contributed by atoms with E-state index in [0.717, 1.165) is 24.2 Å². The predicted octanol–water partition coefficient (Wildman–Crippen LogP) is 1.61. The van der Waals surface area contributed by atoms with Crippen LogP contribution in [0.2, 0.25) is 0 Å². The third kappa shape index (κ3) is 2.28. The highest BCUT2D eigenvalue weighted by atomic mass is 16.3. The fourth-order valence-electron chi connectivity index (χ4n) is 1.42. The van der Waals surface area contributed by atoms with E-state index < -0.39 is 0 Å². The first-order chi connectivity index (χ1) is 7.25. The predicted molar refractivity (Wildman–Crippen MR) is 55.8 cm³/mol. The average molecular weight is 204 g/mol. The summed E-state index contributed by atoms with van der Waals surface area (Å²) in [5.74, 6) is 0.756. The summed E-state index contributed by atoms with van der Waals surface area (Å²) in [5.41, 5.74) is 0.974. The zero-order valence-electron chi connectivity index (χ0n) is 8.14. The number of phenols is 2. The third-order valence-electron chi connectivity index (χ3n) is 2.25. The molecule has 1 aromatic carbocycles. The van der Waals surface area contributed by atoms with Crippen molar-refractivity contribution in [2.24, 2.45) is 0 Å². The summed E-state index contributed by atoms with van der Waals surface area (Å²) >= 11 is 0. The molecule has 2 rings (SSSR count). The Hall–Kier alpha value is -1.97. The molecular formula is C11H12N2O2. The van der Waals surface area contributed by atoms with Crippen molar-refractivity contribution in [1.29, 1.82) is 0 Å². The molecule has 4 heteroatoms. The van der Waals surface area contributed by atoms with Gasteiger partial charge in [0.05, 0.1) is 0 Å². The molecule has 1 aromatic heterocycles. The molecule has 0 aliphatic heterocycles. The largest absolute Gasteiger partial charge is 0.504 e. The lowest BCUT2D eigenvalue weighted by atomic mass is 10.1. The quantitative estimate of drug-likeness (QED) is 0.665. The number of aryl methyl sites for hydroxylation is 2. The molecule has 0 aliphatic carbocycles. The standard InChI is InChI=1S/C11H12N2O2/c14-9-3-1-8(7-10(9)15)2-4-11-12-5-6-13-11/h1,3,5-7,14-15H,2,4H2,(H,12,13). The topological polar surface area (TPSA) is 69.1 Å². The Balaban J connectivity index is 2.02. The lowest BCUT2D eigenvalue weighted by Crippen LogP contribution is -1.93. The number of aromatic amines is 1. The summed E-state index contributed by atoms with van der Waals surface area (Å²) < 4.78 is 0. The van der Waals surface area contributed by atoms with Crippen molar-refractivity contribution in [1.82, 2.24) is 9.97 Å². The summed E-state index contributed by atoms with van der Waals surface area (Å²) in [5, 5.41) is 18.4. The maximum atomic E-state index is 9.28. The van der Waals surface area contributed by atoms with Crippen LogP contribution in [0.4, 0.5) is 0 Å². The highest BCUT2D eigenvalue weighted by Gasteiger charge is 2.01. The summed E-state index contributed by atoms with van der Waals surface area (Å²) in [4.78, 5) is 7.11. The van der Waals surface area contributed by atoms with E-state index in [9.17, 15) is 5.11 Å². The van der Waals surface area contributed by atoms with Crippen molar-refractivity contribution in [2.75, 3.05) is 0 Å². The zero-order valence-corrected chi connectivity index (χ0v) is 8.14. The van der Waals surface area contributed by atoms with E-state index in [-0.39, 0.29) is 11.5 Å². The van der Waals surface area contributed by atoms with Gasteiger partial charge in [-0.3, -0.25) is 0 Å². The minimum absolute atomic E-state index is 0.0769. The van der Waals surface area contributed by atoms with Crippen LogP contribution in [0.15, 0.2) is 30.6 Å². The molecule has 0 saturated heterocycles. The zero-order chi connectivity index (χ0) is 10.7. The molecule has 0 spiro atoms. The van der Waals surface area contributed by atoms with E-state index in [1.165, 1.54) is 6.07 Å². The van der Waals surface area contributed by atoms with Crippen molar-refractivity contribution in [2.45, 2.75) is 12.8 Å². The van der Waals surface area contributed by atoms with E-state index in [1.807, 2.05) is 0 Å². The molecule has 1 heterocycles. The molecule has 2 aromatic rings. The highest BCUT2D eigenvalue weighted by Crippen LogP contribution is 2.25. The number of hydrogen-bond acceptors (Lipinski definition) is 3. The van der Waals surface area contributed by atoms with Crippen molar-refractivity contribution in [3.63, 3.8) is 0 Å². The lowest BCUT2D eigenvalue weighted by Gasteiger charge is -2.02. The van der Waals surface area contributed by atoms with Crippen LogP contribution >= 0.6 is 0 Å². The van der Waals surface area contributed by atoms with Gasteiger partial charge in [-0.2, -0.15) is 0 Å². The summed E-state index contributed by atoms with van der Waals surface area (Å²) in [6.45, 7) is 0. The maximum absolute atomic E-state index is 9.28. The first-order valence-electron chi connectivity index (χ1n) is 4.75. The number of aromatic hydroxyl groups is 2. The van der Waals surface area contributed by atoms with Gasteiger partial charge in [-0.1, -0.05) is 6.07 Å². The normalized spacial score (nSPS) is 10.4. The van der Waals surface area contributed by atoms with Crippen molar-refractivity contribution >= 4 is 0 Å². The number of phenolic OH excluding ortho intramolecular Hbond substituents is 2. The molecule has 3 N–H and O–H groups in total. The van der Waals surface area contributed by atoms with E-state index >= 15 is 0 Å². The van der Waals surface area contributed by atoms with E-state index in [1.54, 1.807) is 24.5 Å². The van der Waals surface area contributed by atoms with Gasteiger partial charge < -0.3 is 15.2 Å². The van der Waals surface area contributed by atoms with Gasteiger partial charge in [0.1, 0.15) is 5.82 Å². The van der Waals surface area contributed by atoms with Gasteiger partial charge in [0.15, 0.2) is 11.5 Å². The van der Waals surface area contributed by atoms with Crippen LogP contribution in [-0.4, -0.2) is 20.2 Å². The number of nitrogens with one attached hydrogen (secondary N) is 1. The van der Waals surface area contributed by atoms with Crippen molar-refractivity contribution in [3.05, 3.63) is 42.0 Å². The lowest BCUT2D eigenvalue weighted by molar-refractivity contribution is 0.403. The summed E-state index contributed by atoms with van der Waals surface area (Å²) in [7, 11) is 0. The number of benzene rings is 1. The van der Waals surface area contributed by atoms with Crippen LogP contribution < -0.4 is 0 Å². The SMILES string of the molecule is Oc1ccc(CCc2ncc[nH]2)cc1O. The van der Waals surface area contributed by atoms with Crippen LogP contribution in [0.5, 0.6) is 11.5 Å². The highest BCUT2D eigenvalue weighted by molar-refractivity contribution is 5.40. The summed E-state index contributed by atoms with van der Waals surface area (Å²) in [6, 6.07) is 4.85. The molecule has 0 saturated carbocycles. The molecule has 0 fully saturated rings. The first kappa shape index (κ1) is 9.58. The second-order valence-corrected chi connectivity index (χ2v) is 3.36. The van der Waals surface area contributed by atoms with Crippen LogP contribution in [0.3, 0.4) is 0 Å². The molecule has 0 aliphatic rings. The minimum atomic E-state index is -0.0863. The summed E-state index contributed by atoms with van der Waals surface area (Å²) in [6.07, 6.45) is 5.06. The van der Waals surface area contributed by atoms with Gasteiger partial charge in [0, 0.05) is 18.8 Å². The van der Waals surface area contributed by atoms with Crippen molar-refractivity contribution in [3.8, 4) is 11.5 Å². The molecular weight excluding hydrogens is 192 g/mol. The Bertz CT molecular complexity index is 438. The van der Waals surface area contributed by atoms with Gasteiger partial charge in [-0.05, 0) is 24.1 Å². The fourth-order valence-corrected chi connectivity index (χ4v) is 1.42. The van der Waals surface area contributed by atoms with E-state index in [0.29, 0.717) is 0 Å². The second kappa shape index (κ2) is 4.04. The van der Waals surface area contributed by atoms with E-state index in [2.05, 4.69) is 9.97 Å². The molecule has 78 valence electrons. The Kier molecular flexibility index (Phi) is 2.58. The van der Waals surface area contributed by atoms with Gasteiger partial charge in [-0.15, -0.1) is 0 Å². The number of imidazole rings is 1.